The van der Waals surface area contributed by atoms with Crippen molar-refractivity contribution in [2.75, 3.05) is 13.7 Å². The van der Waals surface area contributed by atoms with Crippen LogP contribution < -0.4 is 5.73 Å². The molecule has 1 rings (SSSR count). The van der Waals surface area contributed by atoms with Gasteiger partial charge in [0.25, 0.3) is 0 Å². The minimum atomic E-state index is -0.259. The van der Waals surface area contributed by atoms with Crippen LogP contribution in [0.25, 0.3) is 0 Å². The largest absolute Gasteiger partial charge is 0.385 e. The van der Waals surface area contributed by atoms with Crippen molar-refractivity contribution in [2.45, 2.75) is 44.6 Å². The lowest BCUT2D eigenvalue weighted by Gasteiger charge is -2.25. The molecule has 0 aromatic rings. The molecule has 1 saturated carbocycles. The number of Topliss-reactive ketones (excluding diaryl/α,β-unsaturated/α-hetero) is 1. The summed E-state index contributed by atoms with van der Waals surface area (Å²) in [5, 5.41) is 0. The second kappa shape index (κ2) is 6.14. The topological polar surface area (TPSA) is 52.3 Å². The number of carbonyl (C=O) groups excluding carboxylic acids is 1. The summed E-state index contributed by atoms with van der Waals surface area (Å²) in [6.07, 6.45) is 6.07. The fraction of sp³-hybridized carbons (Fsp3) is 0.909. The van der Waals surface area contributed by atoms with Crippen LogP contribution in [-0.2, 0) is 9.53 Å². The SMILES string of the molecule is COCCCC(N)C(=O)CC1CCC1. The lowest BCUT2D eigenvalue weighted by molar-refractivity contribution is -0.122. The van der Waals surface area contributed by atoms with Gasteiger partial charge in [-0.3, -0.25) is 4.79 Å². The molecule has 0 spiro atoms. The number of rotatable bonds is 7. The second-order valence-corrected chi connectivity index (χ2v) is 4.21. The van der Waals surface area contributed by atoms with Gasteiger partial charge < -0.3 is 10.5 Å². The molecule has 0 heterocycles. The highest BCUT2D eigenvalue weighted by molar-refractivity contribution is 5.83. The summed E-state index contributed by atoms with van der Waals surface area (Å²) in [4.78, 5) is 11.6. The van der Waals surface area contributed by atoms with Crippen LogP contribution in [0.15, 0.2) is 0 Å². The molecule has 1 fully saturated rings. The third kappa shape index (κ3) is 3.76. The van der Waals surface area contributed by atoms with Gasteiger partial charge in [-0.2, -0.15) is 0 Å². The van der Waals surface area contributed by atoms with E-state index in [1.165, 1.54) is 19.3 Å². The molecule has 0 aromatic heterocycles. The van der Waals surface area contributed by atoms with E-state index >= 15 is 0 Å². The van der Waals surface area contributed by atoms with Gasteiger partial charge in [0, 0.05) is 20.1 Å². The molecule has 3 nitrogen and oxygen atoms in total. The summed E-state index contributed by atoms with van der Waals surface area (Å²) in [5.74, 6) is 0.877. The molecule has 0 bridgehead atoms. The van der Waals surface area contributed by atoms with Gasteiger partial charge in [-0.1, -0.05) is 19.3 Å². The fourth-order valence-corrected chi connectivity index (χ4v) is 1.74. The van der Waals surface area contributed by atoms with Crippen molar-refractivity contribution in [1.29, 1.82) is 0 Å². The van der Waals surface area contributed by atoms with Gasteiger partial charge in [0.15, 0.2) is 0 Å². The number of hydrogen-bond donors (Lipinski definition) is 1. The molecule has 0 amide bonds. The van der Waals surface area contributed by atoms with Gasteiger partial charge in [-0.25, -0.2) is 0 Å². The third-order valence-corrected chi connectivity index (χ3v) is 2.99. The van der Waals surface area contributed by atoms with Crippen molar-refractivity contribution in [3.63, 3.8) is 0 Å². The van der Waals surface area contributed by atoms with E-state index in [0.717, 1.165) is 12.8 Å². The zero-order valence-corrected chi connectivity index (χ0v) is 9.00. The Morgan fingerprint density at radius 3 is 2.79 bits per heavy atom. The minimum Gasteiger partial charge on any atom is -0.385 e. The Labute approximate surface area is 86.0 Å². The maximum absolute atomic E-state index is 11.6. The Bertz CT molecular complexity index is 178. The standard InChI is InChI=1S/C11H21NO2/c1-14-7-3-6-10(12)11(13)8-9-4-2-5-9/h9-10H,2-8,12H2,1H3. The number of nitrogens with two attached hydrogens (primary N) is 1. The van der Waals surface area contributed by atoms with Gasteiger partial charge in [0.1, 0.15) is 5.78 Å². The number of carbonyl (C=O) groups is 1. The highest BCUT2D eigenvalue weighted by Crippen LogP contribution is 2.29. The van der Waals surface area contributed by atoms with E-state index in [-0.39, 0.29) is 11.8 Å². The van der Waals surface area contributed by atoms with Gasteiger partial charge in [-0.15, -0.1) is 0 Å². The van der Waals surface area contributed by atoms with E-state index in [9.17, 15) is 4.79 Å². The van der Waals surface area contributed by atoms with Gasteiger partial charge in [-0.05, 0) is 18.8 Å². The van der Waals surface area contributed by atoms with Crippen LogP contribution in [-0.4, -0.2) is 25.5 Å². The maximum Gasteiger partial charge on any atom is 0.149 e. The monoisotopic (exact) mass is 199 g/mol. The van der Waals surface area contributed by atoms with Crippen molar-refractivity contribution in [3.05, 3.63) is 0 Å². The summed E-state index contributed by atoms with van der Waals surface area (Å²) >= 11 is 0. The average Bonchev–Trinajstić information content (AvgIpc) is 2.11. The first kappa shape index (κ1) is 11.7. The Morgan fingerprint density at radius 1 is 1.57 bits per heavy atom. The average molecular weight is 199 g/mol. The molecule has 0 saturated heterocycles. The van der Waals surface area contributed by atoms with Crippen molar-refractivity contribution in [1.82, 2.24) is 0 Å². The molecule has 2 N–H and O–H groups in total. The molecule has 82 valence electrons. The van der Waals surface area contributed by atoms with Crippen LogP contribution >= 0.6 is 0 Å². The summed E-state index contributed by atoms with van der Waals surface area (Å²) in [5.41, 5.74) is 5.78. The Balaban J connectivity index is 2.08. The van der Waals surface area contributed by atoms with Crippen LogP contribution in [0.3, 0.4) is 0 Å². The predicted octanol–water partition coefficient (Wildman–Crippen LogP) is 1.50. The first-order chi connectivity index (χ1) is 6.74. The summed E-state index contributed by atoms with van der Waals surface area (Å²) < 4.78 is 4.92. The van der Waals surface area contributed by atoms with E-state index in [1.807, 2.05) is 0 Å². The highest BCUT2D eigenvalue weighted by atomic mass is 16.5. The lowest BCUT2D eigenvalue weighted by Crippen LogP contribution is -2.33. The molecule has 1 aliphatic carbocycles. The molecule has 1 atom stereocenters. The number of ether oxygens (including phenoxy) is 1. The Morgan fingerprint density at radius 2 is 2.29 bits per heavy atom. The highest BCUT2D eigenvalue weighted by Gasteiger charge is 2.23. The smallest absolute Gasteiger partial charge is 0.149 e. The lowest BCUT2D eigenvalue weighted by atomic mass is 9.80. The number of methoxy groups -OCH3 is 1. The predicted molar refractivity (Wildman–Crippen MR) is 56.1 cm³/mol. The van der Waals surface area contributed by atoms with Crippen LogP contribution in [0.5, 0.6) is 0 Å². The quantitative estimate of drug-likeness (QED) is 0.632. The molecule has 1 aliphatic rings. The van der Waals surface area contributed by atoms with Gasteiger partial charge in [0.2, 0.25) is 0 Å². The first-order valence-corrected chi connectivity index (χ1v) is 5.51. The summed E-state index contributed by atoms with van der Waals surface area (Å²) in [6.45, 7) is 0.699. The second-order valence-electron chi connectivity index (χ2n) is 4.21. The third-order valence-electron chi connectivity index (χ3n) is 2.99. The van der Waals surface area contributed by atoms with Crippen molar-refractivity contribution in [2.24, 2.45) is 11.7 Å². The summed E-state index contributed by atoms with van der Waals surface area (Å²) in [7, 11) is 1.67. The van der Waals surface area contributed by atoms with E-state index < -0.39 is 0 Å². The van der Waals surface area contributed by atoms with Crippen LogP contribution in [0.4, 0.5) is 0 Å². The van der Waals surface area contributed by atoms with Crippen molar-refractivity contribution in [3.8, 4) is 0 Å². The Hall–Kier alpha value is -0.410. The molecule has 1 unspecified atom stereocenters. The summed E-state index contributed by atoms with van der Waals surface area (Å²) in [6, 6.07) is -0.259. The Kier molecular flexibility index (Phi) is 5.12. The molecule has 0 aromatic carbocycles. The molecule has 0 radical (unpaired) electrons. The van der Waals surface area contributed by atoms with E-state index in [1.54, 1.807) is 7.11 Å². The van der Waals surface area contributed by atoms with Crippen LogP contribution in [0.2, 0.25) is 0 Å². The normalized spacial score (nSPS) is 19.0. The molecule has 3 heteroatoms. The van der Waals surface area contributed by atoms with Crippen molar-refractivity contribution < 1.29 is 9.53 Å². The number of ketones is 1. The van der Waals surface area contributed by atoms with Crippen LogP contribution in [0.1, 0.15) is 38.5 Å². The van der Waals surface area contributed by atoms with Crippen LogP contribution in [0, 0.1) is 5.92 Å². The molecular formula is C11H21NO2. The maximum atomic E-state index is 11.6. The zero-order chi connectivity index (χ0) is 10.4. The van der Waals surface area contributed by atoms with E-state index in [2.05, 4.69) is 0 Å². The van der Waals surface area contributed by atoms with E-state index in [4.69, 9.17) is 10.5 Å². The van der Waals surface area contributed by atoms with Gasteiger partial charge >= 0.3 is 0 Å². The molecule has 0 aliphatic heterocycles. The zero-order valence-electron chi connectivity index (χ0n) is 9.00. The molecule has 14 heavy (non-hydrogen) atoms. The fourth-order valence-electron chi connectivity index (χ4n) is 1.74. The molecular weight excluding hydrogens is 178 g/mol. The van der Waals surface area contributed by atoms with Gasteiger partial charge in [0.05, 0.1) is 6.04 Å². The minimum absolute atomic E-state index is 0.241. The van der Waals surface area contributed by atoms with Crippen molar-refractivity contribution >= 4 is 5.78 Å². The first-order valence-electron chi connectivity index (χ1n) is 5.51. The number of hydrogen-bond acceptors (Lipinski definition) is 3. The van der Waals surface area contributed by atoms with E-state index in [0.29, 0.717) is 18.9 Å².